The highest BCUT2D eigenvalue weighted by atomic mass is 16.5. The van der Waals surface area contributed by atoms with Gasteiger partial charge in [0.15, 0.2) is 11.6 Å². The van der Waals surface area contributed by atoms with Crippen LogP contribution in [0.2, 0.25) is 0 Å². The Hall–Kier alpha value is -3.01. The SMILES string of the molecule is C=C1CC[C@H]2[C@@](C)(COC(C)=O)CCC[C@]2(C)[C@H]1CCc1ccc2c(c1)C(=O)c1ccccc1C2=O. The highest BCUT2D eigenvalue weighted by Crippen LogP contribution is 2.62. The fourth-order valence-corrected chi connectivity index (χ4v) is 7.67. The highest BCUT2D eigenvalue weighted by molar-refractivity contribution is 6.28. The summed E-state index contributed by atoms with van der Waals surface area (Å²) < 4.78 is 5.55. The van der Waals surface area contributed by atoms with E-state index in [1.54, 1.807) is 18.2 Å². The standard InChI is InChI=1S/C32H36O4/c1-20-10-15-28-31(3,19-36-21(2)33)16-7-17-32(28,4)27(20)14-12-22-11-13-25-26(18-22)30(35)24-9-6-5-8-23(24)29(25)34/h5-6,8-9,11,13,18,27-28H,1,7,10,12,14-17,19H2,2-4H3/t27-,28-,31+,32+/m0/s1. The first-order valence-corrected chi connectivity index (χ1v) is 13.3. The molecule has 0 radical (unpaired) electrons. The van der Waals surface area contributed by atoms with Gasteiger partial charge in [-0.2, -0.15) is 0 Å². The van der Waals surface area contributed by atoms with Crippen LogP contribution in [0.3, 0.4) is 0 Å². The molecule has 0 spiro atoms. The van der Waals surface area contributed by atoms with Crippen LogP contribution in [0.25, 0.3) is 0 Å². The predicted octanol–water partition coefficient (Wildman–Crippen LogP) is 6.74. The minimum Gasteiger partial charge on any atom is -0.465 e. The Bertz CT molecular complexity index is 1260. The smallest absolute Gasteiger partial charge is 0.302 e. The fraction of sp³-hybridized carbons (Fsp3) is 0.469. The van der Waals surface area contributed by atoms with Gasteiger partial charge in [-0.1, -0.05) is 68.8 Å². The summed E-state index contributed by atoms with van der Waals surface area (Å²) in [5, 5.41) is 0. The maximum atomic E-state index is 13.2. The van der Waals surface area contributed by atoms with E-state index in [0.717, 1.165) is 50.5 Å². The summed E-state index contributed by atoms with van der Waals surface area (Å²) in [4.78, 5) is 37.7. The van der Waals surface area contributed by atoms with Crippen molar-refractivity contribution in [3.63, 3.8) is 0 Å². The Kier molecular flexibility index (Phi) is 6.26. The lowest BCUT2D eigenvalue weighted by atomic mass is 9.47. The van der Waals surface area contributed by atoms with Gasteiger partial charge < -0.3 is 4.74 Å². The number of fused-ring (bicyclic) bond motifs is 3. The summed E-state index contributed by atoms with van der Waals surface area (Å²) in [5.41, 5.74) is 4.53. The van der Waals surface area contributed by atoms with Gasteiger partial charge in [-0.3, -0.25) is 14.4 Å². The van der Waals surface area contributed by atoms with Crippen molar-refractivity contribution in [3.05, 3.63) is 82.4 Å². The van der Waals surface area contributed by atoms with Crippen LogP contribution in [0.15, 0.2) is 54.6 Å². The van der Waals surface area contributed by atoms with Gasteiger partial charge in [0.2, 0.25) is 0 Å². The van der Waals surface area contributed by atoms with Crippen LogP contribution in [0.1, 0.15) is 96.7 Å². The van der Waals surface area contributed by atoms with Crippen LogP contribution >= 0.6 is 0 Å². The number of aryl methyl sites for hydroxylation is 1. The Balaban J connectivity index is 1.37. The van der Waals surface area contributed by atoms with E-state index in [1.165, 1.54) is 12.5 Å². The number of allylic oxidation sites excluding steroid dienone is 1. The molecule has 0 bridgehead atoms. The number of ether oxygens (including phenoxy) is 1. The molecule has 0 heterocycles. The van der Waals surface area contributed by atoms with Gasteiger partial charge in [0, 0.05) is 34.6 Å². The van der Waals surface area contributed by atoms with Crippen LogP contribution in [-0.4, -0.2) is 24.1 Å². The monoisotopic (exact) mass is 484 g/mol. The lowest BCUT2D eigenvalue weighted by Crippen LogP contribution is -2.52. The summed E-state index contributed by atoms with van der Waals surface area (Å²) >= 11 is 0. The predicted molar refractivity (Wildman–Crippen MR) is 140 cm³/mol. The third kappa shape index (κ3) is 4.05. The second-order valence-corrected chi connectivity index (χ2v) is 11.7. The first kappa shape index (κ1) is 24.7. The van der Waals surface area contributed by atoms with Crippen molar-refractivity contribution in [1.29, 1.82) is 0 Å². The molecule has 3 aliphatic rings. The maximum absolute atomic E-state index is 13.2. The zero-order valence-corrected chi connectivity index (χ0v) is 21.7. The minimum absolute atomic E-state index is 0.0103. The van der Waals surface area contributed by atoms with E-state index in [4.69, 9.17) is 4.74 Å². The summed E-state index contributed by atoms with van der Waals surface area (Å²) in [6.45, 7) is 11.2. The molecular formula is C32H36O4. The van der Waals surface area contributed by atoms with Crippen LogP contribution in [0, 0.1) is 22.7 Å². The Morgan fingerprint density at radius 3 is 2.36 bits per heavy atom. The van der Waals surface area contributed by atoms with Crippen molar-refractivity contribution in [2.75, 3.05) is 6.61 Å². The van der Waals surface area contributed by atoms with Gasteiger partial charge in [0.1, 0.15) is 0 Å². The van der Waals surface area contributed by atoms with E-state index in [0.29, 0.717) is 40.7 Å². The van der Waals surface area contributed by atoms with E-state index < -0.39 is 0 Å². The number of carbonyl (C=O) groups is 3. The number of rotatable bonds is 5. The number of hydrogen-bond donors (Lipinski definition) is 0. The van der Waals surface area contributed by atoms with E-state index in [1.807, 2.05) is 24.3 Å². The molecule has 0 unspecified atom stereocenters. The number of ketones is 2. The lowest BCUT2D eigenvalue weighted by molar-refractivity contribution is -0.152. The molecule has 0 aliphatic heterocycles. The molecule has 3 aliphatic carbocycles. The van der Waals surface area contributed by atoms with Crippen LogP contribution in [0.4, 0.5) is 0 Å². The normalized spacial score (nSPS) is 29.2. The van der Waals surface area contributed by atoms with Crippen LogP contribution < -0.4 is 0 Å². The van der Waals surface area contributed by atoms with Gasteiger partial charge in [-0.25, -0.2) is 0 Å². The quantitative estimate of drug-likeness (QED) is 0.297. The zero-order chi connectivity index (χ0) is 25.7. The molecule has 2 aromatic carbocycles. The molecule has 2 saturated carbocycles. The van der Waals surface area contributed by atoms with E-state index in [-0.39, 0.29) is 28.4 Å². The van der Waals surface area contributed by atoms with Crippen molar-refractivity contribution in [2.24, 2.45) is 22.7 Å². The molecule has 2 fully saturated rings. The number of esters is 1. The van der Waals surface area contributed by atoms with Gasteiger partial charge in [0.05, 0.1) is 6.61 Å². The minimum atomic E-state index is -0.205. The van der Waals surface area contributed by atoms with Crippen molar-refractivity contribution in [1.82, 2.24) is 0 Å². The molecule has 0 aromatic heterocycles. The highest BCUT2D eigenvalue weighted by Gasteiger charge is 2.54. The van der Waals surface area contributed by atoms with Crippen molar-refractivity contribution in [3.8, 4) is 0 Å². The molecule has 4 nitrogen and oxygen atoms in total. The topological polar surface area (TPSA) is 60.4 Å². The third-order valence-electron chi connectivity index (χ3n) is 9.46. The number of carbonyl (C=O) groups excluding carboxylic acids is 3. The van der Waals surface area contributed by atoms with Gasteiger partial charge in [0.25, 0.3) is 0 Å². The largest absolute Gasteiger partial charge is 0.465 e. The Morgan fingerprint density at radius 2 is 1.67 bits per heavy atom. The van der Waals surface area contributed by atoms with Gasteiger partial charge in [-0.05, 0) is 67.4 Å². The fourth-order valence-electron chi connectivity index (χ4n) is 7.67. The molecular weight excluding hydrogens is 448 g/mol. The van der Waals surface area contributed by atoms with E-state index >= 15 is 0 Å². The zero-order valence-electron chi connectivity index (χ0n) is 21.7. The molecule has 36 heavy (non-hydrogen) atoms. The summed E-state index contributed by atoms with van der Waals surface area (Å²) in [7, 11) is 0. The molecule has 0 amide bonds. The third-order valence-corrected chi connectivity index (χ3v) is 9.46. The Labute approximate surface area is 214 Å². The first-order valence-electron chi connectivity index (χ1n) is 13.3. The summed E-state index contributed by atoms with van der Waals surface area (Å²) in [6, 6.07) is 12.9. The van der Waals surface area contributed by atoms with Crippen LogP contribution in [0.5, 0.6) is 0 Å². The van der Waals surface area contributed by atoms with Crippen LogP contribution in [-0.2, 0) is 16.0 Å². The summed E-state index contributed by atoms with van der Waals surface area (Å²) in [6.07, 6.45) is 7.28. The second-order valence-electron chi connectivity index (χ2n) is 11.7. The molecule has 2 aromatic rings. The van der Waals surface area contributed by atoms with E-state index in [2.05, 4.69) is 20.4 Å². The van der Waals surface area contributed by atoms with E-state index in [9.17, 15) is 14.4 Å². The van der Waals surface area contributed by atoms with Gasteiger partial charge >= 0.3 is 5.97 Å². The second kappa shape index (κ2) is 9.14. The first-order chi connectivity index (χ1) is 17.1. The Morgan fingerprint density at radius 1 is 1.00 bits per heavy atom. The molecule has 0 saturated heterocycles. The maximum Gasteiger partial charge on any atom is 0.302 e. The summed E-state index contributed by atoms with van der Waals surface area (Å²) in [5.74, 6) is 0.514. The molecule has 0 N–H and O–H groups in total. The molecule has 188 valence electrons. The lowest BCUT2D eigenvalue weighted by Gasteiger charge is -2.58. The van der Waals surface area contributed by atoms with Crippen molar-refractivity contribution >= 4 is 17.5 Å². The average molecular weight is 485 g/mol. The van der Waals surface area contributed by atoms with Crippen molar-refractivity contribution in [2.45, 2.75) is 65.7 Å². The molecule has 4 atom stereocenters. The molecule has 5 rings (SSSR count). The number of hydrogen-bond acceptors (Lipinski definition) is 4. The molecule has 4 heteroatoms. The average Bonchev–Trinajstić information content (AvgIpc) is 2.85. The number of benzene rings is 2. The van der Waals surface area contributed by atoms with Crippen molar-refractivity contribution < 1.29 is 19.1 Å². The van der Waals surface area contributed by atoms with Gasteiger partial charge in [-0.15, -0.1) is 0 Å².